The molecule has 4 aliphatic heterocycles. The van der Waals surface area contributed by atoms with Crippen molar-refractivity contribution in [1.82, 2.24) is 20.0 Å². The molecule has 0 aromatic heterocycles. The van der Waals surface area contributed by atoms with Crippen LogP contribution in [-0.4, -0.2) is 102 Å². The van der Waals surface area contributed by atoms with Gasteiger partial charge in [-0.25, -0.2) is 0 Å². The van der Waals surface area contributed by atoms with E-state index in [2.05, 4.69) is 44.8 Å². The van der Waals surface area contributed by atoms with Gasteiger partial charge >= 0.3 is 0 Å². The number of piperazine rings is 1. The summed E-state index contributed by atoms with van der Waals surface area (Å²) < 4.78 is 13.5. The van der Waals surface area contributed by atoms with Crippen LogP contribution in [0, 0.1) is 22.7 Å². The molecule has 1 N–H and O–H groups in total. The summed E-state index contributed by atoms with van der Waals surface area (Å²) in [4.78, 5) is 34.4. The number of ether oxygens (including phenoxy) is 2. The van der Waals surface area contributed by atoms with Gasteiger partial charge in [0.05, 0.1) is 19.3 Å². The summed E-state index contributed by atoms with van der Waals surface area (Å²) in [7, 11) is 0. The van der Waals surface area contributed by atoms with Crippen molar-refractivity contribution < 1.29 is 19.1 Å². The summed E-state index contributed by atoms with van der Waals surface area (Å²) in [5.74, 6) is 0.354. The lowest BCUT2D eigenvalue weighted by molar-refractivity contribution is -0.326. The Bertz CT molecular complexity index is 978. The first-order chi connectivity index (χ1) is 20.0. The Morgan fingerprint density at radius 3 is 2.29 bits per heavy atom. The van der Waals surface area contributed by atoms with Gasteiger partial charge in [0, 0.05) is 50.0 Å². The monoisotopic (exact) mass is 586 g/mol. The van der Waals surface area contributed by atoms with E-state index in [4.69, 9.17) is 9.47 Å². The number of hydrogen-bond acceptors (Lipinski definition) is 6. The van der Waals surface area contributed by atoms with Crippen LogP contribution < -0.4 is 5.32 Å². The van der Waals surface area contributed by atoms with E-state index in [0.29, 0.717) is 55.6 Å². The van der Waals surface area contributed by atoms with Crippen molar-refractivity contribution in [2.75, 3.05) is 45.9 Å². The van der Waals surface area contributed by atoms with E-state index in [0.717, 1.165) is 26.2 Å². The molecule has 4 atom stereocenters. The molecule has 4 heterocycles. The Morgan fingerprint density at radius 2 is 1.67 bits per heavy atom. The highest BCUT2D eigenvalue weighted by Crippen LogP contribution is 2.55. The zero-order valence-electron chi connectivity index (χ0n) is 27.2. The highest BCUT2D eigenvalue weighted by Gasteiger charge is 2.56. The molecule has 0 aromatic rings. The molecule has 0 bridgehead atoms. The van der Waals surface area contributed by atoms with E-state index < -0.39 is 11.8 Å². The van der Waals surface area contributed by atoms with Gasteiger partial charge < -0.3 is 24.6 Å². The van der Waals surface area contributed by atoms with Crippen LogP contribution in [0.3, 0.4) is 0 Å². The molecule has 6 aliphatic rings. The van der Waals surface area contributed by atoms with Gasteiger partial charge in [-0.05, 0) is 88.6 Å². The predicted octanol–water partition coefficient (Wildman–Crippen LogP) is 4.42. The lowest BCUT2D eigenvalue weighted by Gasteiger charge is -2.54. The first-order valence-electron chi connectivity index (χ1n) is 17.4. The van der Waals surface area contributed by atoms with Crippen LogP contribution in [0.15, 0.2) is 0 Å². The minimum absolute atomic E-state index is 0.00985. The number of amides is 2. The summed E-state index contributed by atoms with van der Waals surface area (Å²) >= 11 is 0. The molecule has 4 saturated heterocycles. The lowest BCUT2D eigenvalue weighted by Crippen LogP contribution is -2.65. The Morgan fingerprint density at radius 1 is 0.952 bits per heavy atom. The zero-order valence-corrected chi connectivity index (χ0v) is 27.2. The van der Waals surface area contributed by atoms with Crippen LogP contribution in [0.25, 0.3) is 0 Å². The van der Waals surface area contributed by atoms with E-state index in [1.807, 2.05) is 9.80 Å². The zero-order chi connectivity index (χ0) is 29.7. The highest BCUT2D eigenvalue weighted by molar-refractivity contribution is 5.90. The van der Waals surface area contributed by atoms with Gasteiger partial charge in [-0.3, -0.25) is 14.5 Å². The minimum Gasteiger partial charge on any atom is -0.349 e. The van der Waals surface area contributed by atoms with Crippen LogP contribution in [0.4, 0.5) is 0 Å². The van der Waals surface area contributed by atoms with Crippen molar-refractivity contribution in [2.45, 2.75) is 135 Å². The van der Waals surface area contributed by atoms with Crippen molar-refractivity contribution >= 4 is 11.8 Å². The molecule has 6 rings (SSSR count). The standard InChI is InChI=1S/C34H58N4O4/c1-24(2)19-27-30(39)38(18-14-35-27)28(20-25(3)4)31(40)37-17-13-34(21-26(37)5)41-22-33(23-42-34)8-6-7-29(33)36-15-11-32(9-10-32)12-16-36/h24-29,35H,6-23H2,1-5H3/t26-,27-,28-,29?,33?,34?/m0/s1. The van der Waals surface area contributed by atoms with Gasteiger partial charge in [-0.1, -0.05) is 34.1 Å². The van der Waals surface area contributed by atoms with Crippen LogP contribution >= 0.6 is 0 Å². The molecule has 2 amide bonds. The first kappa shape index (κ1) is 30.8. The maximum absolute atomic E-state index is 14.2. The number of nitrogens with zero attached hydrogens (tertiary/aromatic N) is 3. The molecule has 2 saturated carbocycles. The average molecular weight is 587 g/mol. The molecule has 238 valence electrons. The molecule has 1 unspecified atom stereocenters. The third kappa shape index (κ3) is 6.03. The minimum atomic E-state index is -0.588. The fraction of sp³-hybridized carbons (Fsp3) is 0.941. The molecule has 8 heteroatoms. The molecule has 2 aliphatic carbocycles. The van der Waals surface area contributed by atoms with Crippen molar-refractivity contribution in [3.8, 4) is 0 Å². The molecule has 6 fully saturated rings. The van der Waals surface area contributed by atoms with Crippen molar-refractivity contribution in [2.24, 2.45) is 22.7 Å². The summed E-state index contributed by atoms with van der Waals surface area (Å²) in [6, 6.07) is -0.00634. The summed E-state index contributed by atoms with van der Waals surface area (Å²) in [6.45, 7) is 16.8. The summed E-state index contributed by atoms with van der Waals surface area (Å²) in [5, 5.41) is 3.40. The molecule has 42 heavy (non-hydrogen) atoms. The fourth-order valence-corrected chi connectivity index (χ4v) is 9.13. The van der Waals surface area contributed by atoms with Gasteiger partial charge in [-0.15, -0.1) is 0 Å². The molecule has 0 radical (unpaired) electrons. The van der Waals surface area contributed by atoms with Gasteiger partial charge in [0.1, 0.15) is 6.04 Å². The van der Waals surface area contributed by atoms with Crippen LogP contribution in [0.2, 0.25) is 0 Å². The van der Waals surface area contributed by atoms with Gasteiger partial charge in [-0.2, -0.15) is 0 Å². The van der Waals surface area contributed by atoms with Crippen LogP contribution in [-0.2, 0) is 19.1 Å². The van der Waals surface area contributed by atoms with Crippen molar-refractivity contribution in [1.29, 1.82) is 0 Å². The van der Waals surface area contributed by atoms with Crippen LogP contribution in [0.5, 0.6) is 0 Å². The Balaban J connectivity index is 1.08. The number of piperidine rings is 2. The second-order valence-corrected chi connectivity index (χ2v) is 15.9. The quantitative estimate of drug-likeness (QED) is 0.476. The van der Waals surface area contributed by atoms with Crippen LogP contribution in [0.1, 0.15) is 105 Å². The second kappa shape index (κ2) is 11.9. The number of hydrogen-bond donors (Lipinski definition) is 1. The summed E-state index contributed by atoms with van der Waals surface area (Å²) in [5.41, 5.74) is 0.822. The number of rotatable bonds is 7. The van der Waals surface area contributed by atoms with E-state index in [-0.39, 0.29) is 29.3 Å². The molecule has 3 spiro atoms. The topological polar surface area (TPSA) is 74.3 Å². The third-order valence-corrected chi connectivity index (χ3v) is 11.9. The molecular formula is C34H58N4O4. The SMILES string of the molecule is CC(C)C[C@@H]1NCCN([C@@H](CC(C)C)C(=O)N2CCC3(C[C@@H]2C)OCC2(CCCC2N2CCC4(CC2)CC4)CO3)C1=O. The van der Waals surface area contributed by atoms with Gasteiger partial charge in [0.25, 0.3) is 0 Å². The third-order valence-electron chi connectivity index (χ3n) is 11.9. The van der Waals surface area contributed by atoms with E-state index in [1.54, 1.807) is 0 Å². The molecular weight excluding hydrogens is 528 g/mol. The Kier molecular flexibility index (Phi) is 8.75. The largest absolute Gasteiger partial charge is 0.349 e. The number of carbonyl (C=O) groups is 2. The van der Waals surface area contributed by atoms with Gasteiger partial charge in [0.2, 0.25) is 11.8 Å². The predicted molar refractivity (Wildman–Crippen MR) is 164 cm³/mol. The van der Waals surface area contributed by atoms with Crippen molar-refractivity contribution in [3.05, 3.63) is 0 Å². The fourth-order valence-electron chi connectivity index (χ4n) is 9.13. The molecule has 0 aromatic carbocycles. The summed E-state index contributed by atoms with van der Waals surface area (Å²) in [6.07, 6.45) is 12.3. The van der Waals surface area contributed by atoms with Gasteiger partial charge in [0.15, 0.2) is 5.79 Å². The van der Waals surface area contributed by atoms with Crippen molar-refractivity contribution in [3.63, 3.8) is 0 Å². The maximum atomic E-state index is 14.2. The smallest absolute Gasteiger partial charge is 0.245 e. The van der Waals surface area contributed by atoms with E-state index >= 15 is 0 Å². The number of nitrogens with one attached hydrogen (secondary N) is 1. The number of likely N-dealkylation sites (tertiary alicyclic amines) is 2. The molecule has 8 nitrogen and oxygen atoms in total. The Hall–Kier alpha value is -1.22. The lowest BCUT2D eigenvalue weighted by atomic mass is 9.80. The van der Waals surface area contributed by atoms with E-state index in [9.17, 15) is 9.59 Å². The second-order valence-electron chi connectivity index (χ2n) is 15.9. The Labute approximate surface area is 254 Å². The van der Waals surface area contributed by atoms with E-state index in [1.165, 1.54) is 58.0 Å². The first-order valence-corrected chi connectivity index (χ1v) is 17.4. The normalized spacial score (nSPS) is 37.9. The maximum Gasteiger partial charge on any atom is 0.245 e. The highest BCUT2D eigenvalue weighted by atomic mass is 16.7. The number of carbonyl (C=O) groups excluding carboxylic acids is 2. The average Bonchev–Trinajstić information content (AvgIpc) is 3.58.